The summed E-state index contributed by atoms with van der Waals surface area (Å²) >= 11 is 0. The Kier molecular flexibility index (Phi) is 6.29. The van der Waals surface area contributed by atoms with Gasteiger partial charge in [0, 0.05) is 30.5 Å². The molecule has 0 aliphatic rings. The number of unbranched alkanes of at least 4 members (excludes halogenated alkanes) is 1. The van der Waals surface area contributed by atoms with Crippen LogP contribution in [0.5, 0.6) is 0 Å². The third-order valence-electron chi connectivity index (χ3n) is 2.74. The molecule has 0 saturated heterocycles. The van der Waals surface area contributed by atoms with Crippen LogP contribution >= 0.6 is 0 Å². The summed E-state index contributed by atoms with van der Waals surface area (Å²) in [6.07, 6.45) is 2.31. The molecule has 0 aliphatic heterocycles. The zero-order valence-electron chi connectivity index (χ0n) is 11.8. The number of nitrogens with one attached hydrogen (secondary N) is 1. The maximum Gasteiger partial charge on any atom is 0.272 e. The van der Waals surface area contributed by atoms with E-state index in [4.69, 9.17) is 4.74 Å². The average molecular weight is 266 g/mol. The molecule has 1 rings (SSSR count). The lowest BCUT2D eigenvalue weighted by atomic mass is 10.2. The number of hydrogen-bond donors (Lipinski definition) is 1. The van der Waals surface area contributed by atoms with Gasteiger partial charge in [-0.05, 0) is 45.7 Å². The molecule has 0 fully saturated rings. The van der Waals surface area contributed by atoms with Gasteiger partial charge in [-0.25, -0.2) is 0 Å². The summed E-state index contributed by atoms with van der Waals surface area (Å²) in [5.74, 6) is 0. The standard InChI is InChI=1S/C14H22N2O3/c1-11(2)19-9-5-4-8-15-13-6-7-14(16(17)18)12(3)10-13/h6-7,10-11,15H,4-5,8-9H2,1-3H3. The number of benzene rings is 1. The van der Waals surface area contributed by atoms with Crippen molar-refractivity contribution < 1.29 is 9.66 Å². The molecule has 0 unspecified atom stereocenters. The molecular formula is C14H22N2O3. The smallest absolute Gasteiger partial charge is 0.272 e. The first-order chi connectivity index (χ1) is 9.00. The molecule has 0 heterocycles. The van der Waals surface area contributed by atoms with Crippen LogP contribution in [0.25, 0.3) is 0 Å². The monoisotopic (exact) mass is 266 g/mol. The van der Waals surface area contributed by atoms with Crippen LogP contribution in [-0.4, -0.2) is 24.2 Å². The summed E-state index contributed by atoms with van der Waals surface area (Å²) in [4.78, 5) is 10.3. The molecule has 1 aromatic carbocycles. The Labute approximate surface area is 114 Å². The van der Waals surface area contributed by atoms with Crippen LogP contribution in [0.2, 0.25) is 0 Å². The lowest BCUT2D eigenvalue weighted by Gasteiger charge is -2.09. The molecule has 5 heteroatoms. The highest BCUT2D eigenvalue weighted by Crippen LogP contribution is 2.21. The van der Waals surface area contributed by atoms with Crippen molar-refractivity contribution in [3.63, 3.8) is 0 Å². The molecule has 0 spiro atoms. The third-order valence-corrected chi connectivity index (χ3v) is 2.74. The van der Waals surface area contributed by atoms with E-state index in [2.05, 4.69) is 5.32 Å². The summed E-state index contributed by atoms with van der Waals surface area (Å²) in [7, 11) is 0. The second-order valence-electron chi connectivity index (χ2n) is 4.81. The molecule has 0 aromatic heterocycles. The van der Waals surface area contributed by atoms with Crippen molar-refractivity contribution in [2.45, 2.75) is 39.7 Å². The molecule has 0 saturated carbocycles. The lowest BCUT2D eigenvalue weighted by Crippen LogP contribution is -2.07. The topological polar surface area (TPSA) is 64.4 Å². The van der Waals surface area contributed by atoms with Gasteiger partial charge in [0.25, 0.3) is 5.69 Å². The van der Waals surface area contributed by atoms with Crippen molar-refractivity contribution >= 4 is 11.4 Å². The third kappa shape index (κ3) is 5.70. The minimum absolute atomic E-state index is 0.163. The Bertz CT molecular complexity index is 419. The van der Waals surface area contributed by atoms with Crippen molar-refractivity contribution in [3.05, 3.63) is 33.9 Å². The fourth-order valence-electron chi connectivity index (χ4n) is 1.75. The Morgan fingerprint density at radius 2 is 2.11 bits per heavy atom. The van der Waals surface area contributed by atoms with E-state index in [9.17, 15) is 10.1 Å². The summed E-state index contributed by atoms with van der Waals surface area (Å²) in [5.41, 5.74) is 1.77. The van der Waals surface area contributed by atoms with Crippen molar-refractivity contribution in [1.29, 1.82) is 0 Å². The first-order valence-electron chi connectivity index (χ1n) is 6.61. The van der Waals surface area contributed by atoms with Gasteiger partial charge in [-0.2, -0.15) is 0 Å². The number of anilines is 1. The lowest BCUT2D eigenvalue weighted by molar-refractivity contribution is -0.385. The van der Waals surface area contributed by atoms with Gasteiger partial charge in [-0.3, -0.25) is 10.1 Å². The zero-order chi connectivity index (χ0) is 14.3. The molecule has 106 valence electrons. The number of rotatable bonds is 8. The molecule has 0 bridgehead atoms. The van der Waals surface area contributed by atoms with Gasteiger partial charge in [0.2, 0.25) is 0 Å². The number of aryl methyl sites for hydroxylation is 1. The Hall–Kier alpha value is -1.62. The molecule has 5 nitrogen and oxygen atoms in total. The summed E-state index contributed by atoms with van der Waals surface area (Å²) in [5, 5.41) is 14.0. The highest BCUT2D eigenvalue weighted by atomic mass is 16.6. The highest BCUT2D eigenvalue weighted by Gasteiger charge is 2.09. The zero-order valence-corrected chi connectivity index (χ0v) is 11.8. The van der Waals surface area contributed by atoms with Crippen molar-refractivity contribution in [2.24, 2.45) is 0 Å². The summed E-state index contributed by atoms with van der Waals surface area (Å²) < 4.78 is 5.45. The van der Waals surface area contributed by atoms with Crippen LogP contribution in [-0.2, 0) is 4.74 Å². The molecule has 1 N–H and O–H groups in total. The van der Waals surface area contributed by atoms with E-state index in [1.807, 2.05) is 19.9 Å². The van der Waals surface area contributed by atoms with E-state index >= 15 is 0 Å². The maximum atomic E-state index is 10.7. The summed E-state index contributed by atoms with van der Waals surface area (Å²) in [6.45, 7) is 7.42. The van der Waals surface area contributed by atoms with Gasteiger partial charge in [0.1, 0.15) is 0 Å². The number of nitrogens with zero attached hydrogens (tertiary/aromatic N) is 1. The molecule has 0 radical (unpaired) electrons. The molecule has 0 aliphatic carbocycles. The fourth-order valence-corrected chi connectivity index (χ4v) is 1.75. The van der Waals surface area contributed by atoms with Crippen molar-refractivity contribution in [1.82, 2.24) is 0 Å². The minimum atomic E-state index is -0.359. The quantitative estimate of drug-likeness (QED) is 0.444. The highest BCUT2D eigenvalue weighted by molar-refractivity contribution is 5.53. The number of nitro groups is 1. The van der Waals surface area contributed by atoms with Crippen LogP contribution in [0.3, 0.4) is 0 Å². The first-order valence-corrected chi connectivity index (χ1v) is 6.61. The molecule has 1 aromatic rings. The van der Waals surface area contributed by atoms with Gasteiger partial charge < -0.3 is 10.1 Å². The van der Waals surface area contributed by atoms with Gasteiger partial charge in [0.05, 0.1) is 11.0 Å². The Morgan fingerprint density at radius 1 is 1.37 bits per heavy atom. The van der Waals surface area contributed by atoms with Crippen LogP contribution in [0.15, 0.2) is 18.2 Å². The predicted octanol–water partition coefficient (Wildman–Crippen LogP) is 3.52. The van der Waals surface area contributed by atoms with E-state index < -0.39 is 0 Å². The Balaban J connectivity index is 2.30. The van der Waals surface area contributed by atoms with Crippen LogP contribution in [0.4, 0.5) is 11.4 Å². The van der Waals surface area contributed by atoms with E-state index in [1.54, 1.807) is 19.1 Å². The van der Waals surface area contributed by atoms with Crippen LogP contribution in [0, 0.1) is 17.0 Å². The van der Waals surface area contributed by atoms with Gasteiger partial charge in [-0.15, -0.1) is 0 Å². The first kappa shape index (κ1) is 15.4. The second-order valence-corrected chi connectivity index (χ2v) is 4.81. The second kappa shape index (κ2) is 7.74. The largest absolute Gasteiger partial charge is 0.385 e. The minimum Gasteiger partial charge on any atom is -0.385 e. The molecular weight excluding hydrogens is 244 g/mol. The van der Waals surface area contributed by atoms with E-state index in [0.29, 0.717) is 5.56 Å². The van der Waals surface area contributed by atoms with Crippen LogP contribution in [0.1, 0.15) is 32.3 Å². The number of ether oxygens (including phenoxy) is 1. The van der Waals surface area contributed by atoms with Gasteiger partial charge in [0.15, 0.2) is 0 Å². The SMILES string of the molecule is Cc1cc(NCCCCOC(C)C)ccc1[N+](=O)[O-]. The van der Waals surface area contributed by atoms with Crippen molar-refractivity contribution in [3.8, 4) is 0 Å². The molecule has 0 atom stereocenters. The van der Waals surface area contributed by atoms with Gasteiger partial charge in [-0.1, -0.05) is 0 Å². The van der Waals surface area contributed by atoms with Crippen molar-refractivity contribution in [2.75, 3.05) is 18.5 Å². The molecule has 0 amide bonds. The van der Waals surface area contributed by atoms with Gasteiger partial charge >= 0.3 is 0 Å². The molecule has 19 heavy (non-hydrogen) atoms. The van der Waals surface area contributed by atoms with Crippen LogP contribution < -0.4 is 5.32 Å². The van der Waals surface area contributed by atoms with E-state index in [-0.39, 0.29) is 16.7 Å². The average Bonchev–Trinajstić information content (AvgIpc) is 2.32. The van der Waals surface area contributed by atoms with E-state index in [1.165, 1.54) is 0 Å². The van der Waals surface area contributed by atoms with E-state index in [0.717, 1.165) is 31.7 Å². The number of nitro benzene ring substituents is 1. The normalized spacial score (nSPS) is 10.7. The summed E-state index contributed by atoms with van der Waals surface area (Å²) in [6, 6.07) is 5.10. The predicted molar refractivity (Wildman–Crippen MR) is 76.6 cm³/mol. The Morgan fingerprint density at radius 3 is 2.68 bits per heavy atom. The maximum absolute atomic E-state index is 10.7. The fraction of sp³-hybridized carbons (Fsp3) is 0.571. The number of hydrogen-bond acceptors (Lipinski definition) is 4.